The maximum atomic E-state index is 11.6. The molecule has 10 nitrogen and oxygen atoms in total. The summed E-state index contributed by atoms with van der Waals surface area (Å²) < 4.78 is 14.7. The van der Waals surface area contributed by atoms with Crippen LogP contribution in [0, 0.1) is 11.3 Å². The van der Waals surface area contributed by atoms with E-state index in [0.717, 1.165) is 4.90 Å². The van der Waals surface area contributed by atoms with E-state index < -0.39 is 25.6 Å². The SMILES string of the molecule is CN(CCOP(=O)(O)O)C(=N)N1CC(C(=O)O)CC1=O. The Morgan fingerprint density at radius 1 is 1.60 bits per heavy atom. The molecule has 1 atom stereocenters. The van der Waals surface area contributed by atoms with E-state index in [1.165, 1.54) is 11.9 Å². The number of likely N-dealkylation sites (tertiary alicyclic amines) is 1. The number of carbonyl (C=O) groups excluding carboxylic acids is 1. The van der Waals surface area contributed by atoms with Crippen molar-refractivity contribution in [1.29, 1.82) is 5.41 Å². The summed E-state index contributed by atoms with van der Waals surface area (Å²) in [4.78, 5) is 41.7. The molecule has 4 N–H and O–H groups in total. The van der Waals surface area contributed by atoms with E-state index in [1.54, 1.807) is 0 Å². The molecule has 0 aromatic carbocycles. The van der Waals surface area contributed by atoms with Crippen molar-refractivity contribution in [2.24, 2.45) is 5.92 Å². The van der Waals surface area contributed by atoms with Crippen LogP contribution in [-0.2, 0) is 18.7 Å². The molecule has 1 heterocycles. The first kappa shape index (κ1) is 16.6. The van der Waals surface area contributed by atoms with Gasteiger partial charge in [0.15, 0.2) is 5.96 Å². The fourth-order valence-corrected chi connectivity index (χ4v) is 2.01. The zero-order valence-corrected chi connectivity index (χ0v) is 11.6. The fraction of sp³-hybridized carbons (Fsp3) is 0.667. The molecule has 0 aliphatic carbocycles. The van der Waals surface area contributed by atoms with Crippen molar-refractivity contribution in [1.82, 2.24) is 9.80 Å². The van der Waals surface area contributed by atoms with Crippen molar-refractivity contribution in [3.8, 4) is 0 Å². The number of nitrogens with one attached hydrogen (secondary N) is 1. The molecule has 20 heavy (non-hydrogen) atoms. The highest BCUT2D eigenvalue weighted by Gasteiger charge is 2.37. The lowest BCUT2D eigenvalue weighted by Gasteiger charge is -2.26. The fourth-order valence-electron chi connectivity index (χ4n) is 1.69. The van der Waals surface area contributed by atoms with Crippen LogP contribution in [0.3, 0.4) is 0 Å². The quantitative estimate of drug-likeness (QED) is 0.283. The molecule has 1 aliphatic heterocycles. The van der Waals surface area contributed by atoms with Crippen molar-refractivity contribution in [3.05, 3.63) is 0 Å². The van der Waals surface area contributed by atoms with Crippen molar-refractivity contribution in [2.75, 3.05) is 26.7 Å². The molecule has 0 aromatic heterocycles. The number of likely N-dealkylation sites (N-methyl/N-ethyl adjacent to an activating group) is 1. The van der Waals surface area contributed by atoms with Crippen molar-refractivity contribution in [2.45, 2.75) is 6.42 Å². The number of carboxylic acids is 1. The van der Waals surface area contributed by atoms with Crippen LogP contribution >= 0.6 is 7.82 Å². The lowest BCUT2D eigenvalue weighted by Crippen LogP contribution is -2.44. The molecule has 1 amide bonds. The Balaban J connectivity index is 2.51. The number of phosphoric acid groups is 1. The zero-order chi connectivity index (χ0) is 15.5. The molecular formula is C9H16N3O7P. The minimum Gasteiger partial charge on any atom is -0.481 e. The van der Waals surface area contributed by atoms with E-state index >= 15 is 0 Å². The smallest absolute Gasteiger partial charge is 0.469 e. The third-order valence-corrected chi connectivity index (χ3v) is 3.30. The maximum Gasteiger partial charge on any atom is 0.469 e. The van der Waals surface area contributed by atoms with E-state index in [0.29, 0.717) is 0 Å². The van der Waals surface area contributed by atoms with Gasteiger partial charge >= 0.3 is 13.8 Å². The van der Waals surface area contributed by atoms with E-state index in [-0.39, 0.29) is 32.1 Å². The summed E-state index contributed by atoms with van der Waals surface area (Å²) >= 11 is 0. The third-order valence-electron chi connectivity index (χ3n) is 2.78. The van der Waals surface area contributed by atoms with Gasteiger partial charge < -0.3 is 19.8 Å². The molecule has 1 aliphatic rings. The second-order valence-corrected chi connectivity index (χ2v) is 5.55. The van der Waals surface area contributed by atoms with Gasteiger partial charge in [-0.15, -0.1) is 0 Å². The number of rotatable bonds is 5. The van der Waals surface area contributed by atoms with E-state index in [2.05, 4.69) is 4.52 Å². The van der Waals surface area contributed by atoms with Crippen LogP contribution in [0.4, 0.5) is 0 Å². The largest absolute Gasteiger partial charge is 0.481 e. The topological polar surface area (TPSA) is 151 Å². The first-order valence-electron chi connectivity index (χ1n) is 5.64. The number of hydrogen-bond donors (Lipinski definition) is 4. The zero-order valence-electron chi connectivity index (χ0n) is 10.7. The monoisotopic (exact) mass is 309 g/mol. The van der Waals surface area contributed by atoms with E-state index in [9.17, 15) is 14.2 Å². The average Bonchev–Trinajstić information content (AvgIpc) is 2.68. The highest BCUT2D eigenvalue weighted by Crippen LogP contribution is 2.35. The van der Waals surface area contributed by atoms with E-state index in [1.807, 2.05) is 0 Å². The Morgan fingerprint density at radius 2 is 2.20 bits per heavy atom. The highest BCUT2D eigenvalue weighted by molar-refractivity contribution is 7.46. The van der Waals surface area contributed by atoms with Gasteiger partial charge in [0.25, 0.3) is 0 Å². The van der Waals surface area contributed by atoms with Gasteiger partial charge in [-0.1, -0.05) is 0 Å². The van der Waals surface area contributed by atoms with Gasteiger partial charge in [-0.25, -0.2) is 4.57 Å². The molecule has 114 valence electrons. The average molecular weight is 309 g/mol. The van der Waals surface area contributed by atoms with Gasteiger partial charge in [-0.2, -0.15) is 0 Å². The Kier molecular flexibility index (Phi) is 5.23. The van der Waals surface area contributed by atoms with E-state index in [4.69, 9.17) is 20.3 Å². The van der Waals surface area contributed by atoms with Crippen LogP contribution in [0.15, 0.2) is 0 Å². The normalized spacial score (nSPS) is 19.2. The predicted octanol–water partition coefficient (Wildman–Crippen LogP) is -1.10. The molecule has 11 heteroatoms. The van der Waals surface area contributed by atoms with Gasteiger partial charge in [-0.05, 0) is 0 Å². The maximum absolute atomic E-state index is 11.6. The lowest BCUT2D eigenvalue weighted by atomic mass is 10.1. The Morgan fingerprint density at radius 3 is 2.65 bits per heavy atom. The highest BCUT2D eigenvalue weighted by atomic mass is 31.2. The molecule has 0 aromatic rings. The first-order valence-corrected chi connectivity index (χ1v) is 7.18. The van der Waals surface area contributed by atoms with Crippen LogP contribution in [-0.4, -0.2) is 69.3 Å². The van der Waals surface area contributed by atoms with Crippen LogP contribution in [0.1, 0.15) is 6.42 Å². The van der Waals surface area contributed by atoms with Crippen LogP contribution < -0.4 is 0 Å². The minimum atomic E-state index is -4.57. The summed E-state index contributed by atoms with van der Waals surface area (Å²) in [6.07, 6.45) is -0.162. The summed E-state index contributed by atoms with van der Waals surface area (Å²) in [7, 11) is -3.13. The summed E-state index contributed by atoms with van der Waals surface area (Å²) in [5.74, 6) is -2.64. The van der Waals surface area contributed by atoms with Gasteiger partial charge in [0.2, 0.25) is 5.91 Å². The Hall–Kier alpha value is -1.48. The molecule has 0 spiro atoms. The number of hydrogen-bond acceptors (Lipinski definition) is 5. The second kappa shape index (κ2) is 6.31. The van der Waals surface area contributed by atoms with Crippen LogP contribution in [0.5, 0.6) is 0 Å². The molecular weight excluding hydrogens is 293 g/mol. The Labute approximate surface area is 114 Å². The number of amides is 1. The lowest BCUT2D eigenvalue weighted by molar-refractivity contribution is -0.141. The molecule has 0 radical (unpaired) electrons. The number of phosphoric ester groups is 1. The molecule has 1 fully saturated rings. The van der Waals surface area contributed by atoms with Crippen molar-refractivity contribution < 1.29 is 33.6 Å². The summed E-state index contributed by atoms with van der Waals surface area (Å²) in [5, 5.41) is 16.6. The molecule has 1 unspecified atom stereocenters. The molecule has 0 saturated carbocycles. The number of guanidine groups is 1. The third kappa shape index (κ3) is 4.57. The van der Waals surface area contributed by atoms with Crippen LogP contribution in [0.2, 0.25) is 0 Å². The van der Waals surface area contributed by atoms with Gasteiger partial charge in [0, 0.05) is 26.6 Å². The standard InChI is InChI=1S/C9H16N3O7P/c1-11(2-3-19-20(16,17)18)9(10)12-5-6(8(14)15)4-7(12)13/h6,10H,2-5H2,1H3,(H,14,15)(H2,16,17,18). The number of carbonyl (C=O) groups is 2. The van der Waals surface area contributed by atoms with Crippen molar-refractivity contribution >= 4 is 25.7 Å². The van der Waals surface area contributed by atoms with Gasteiger partial charge in [0.1, 0.15) is 0 Å². The Bertz CT molecular complexity index is 462. The molecule has 1 saturated heterocycles. The summed E-state index contributed by atoms with van der Waals surface area (Å²) in [6, 6.07) is 0. The van der Waals surface area contributed by atoms with Gasteiger partial charge in [-0.3, -0.25) is 24.4 Å². The number of aliphatic carboxylic acids is 1. The first-order chi connectivity index (χ1) is 9.11. The number of nitrogens with zero attached hydrogens (tertiary/aromatic N) is 2. The summed E-state index contributed by atoms with van der Waals surface area (Å²) in [5.41, 5.74) is 0. The van der Waals surface area contributed by atoms with Crippen LogP contribution in [0.25, 0.3) is 0 Å². The molecule has 0 bridgehead atoms. The second-order valence-electron chi connectivity index (χ2n) is 4.31. The van der Waals surface area contributed by atoms with Crippen molar-refractivity contribution in [3.63, 3.8) is 0 Å². The predicted molar refractivity (Wildman–Crippen MR) is 65.8 cm³/mol. The minimum absolute atomic E-state index is 0.0224. The number of carboxylic acid groups (broad SMARTS) is 1. The molecule has 1 rings (SSSR count). The summed E-state index contributed by atoms with van der Waals surface area (Å²) in [6.45, 7) is -0.435. The van der Waals surface area contributed by atoms with Gasteiger partial charge in [0.05, 0.1) is 12.5 Å².